The fourth-order valence-electron chi connectivity index (χ4n) is 2.19. The minimum absolute atomic E-state index is 0.186. The first-order chi connectivity index (χ1) is 10.4. The monoisotopic (exact) mass is 355 g/mol. The summed E-state index contributed by atoms with van der Waals surface area (Å²) in [6.07, 6.45) is 0. The van der Waals surface area contributed by atoms with Crippen molar-refractivity contribution in [2.24, 2.45) is 0 Å². The Bertz CT molecular complexity index is 760. The molecule has 3 rings (SSSR count). The number of nitrogens with zero attached hydrogens (tertiary/aromatic N) is 2. The summed E-state index contributed by atoms with van der Waals surface area (Å²) in [5, 5.41) is 3.33. The van der Waals surface area contributed by atoms with Gasteiger partial charge in [-0.25, -0.2) is 9.78 Å². The van der Waals surface area contributed by atoms with E-state index in [0.717, 1.165) is 14.6 Å². The second-order valence-corrected chi connectivity index (χ2v) is 8.26. The number of amides is 3. The summed E-state index contributed by atoms with van der Waals surface area (Å²) in [4.78, 5) is 29.6. The van der Waals surface area contributed by atoms with Crippen molar-refractivity contribution < 1.29 is 9.59 Å². The highest BCUT2D eigenvalue weighted by atomic mass is 35.5. The topological polar surface area (TPSA) is 62.3 Å². The van der Waals surface area contributed by atoms with Crippen LogP contribution < -0.4 is 5.32 Å². The molecule has 116 valence electrons. The second kappa shape index (κ2) is 5.72. The van der Waals surface area contributed by atoms with Crippen molar-refractivity contribution in [1.29, 1.82) is 0 Å². The summed E-state index contributed by atoms with van der Waals surface area (Å²) < 4.78 is 1.98. The van der Waals surface area contributed by atoms with Crippen LogP contribution in [-0.2, 0) is 4.79 Å². The van der Waals surface area contributed by atoms with E-state index < -0.39 is 5.54 Å². The molecule has 0 atom stereocenters. The number of fused-ring (bicyclic) bond motifs is 1. The molecule has 0 saturated carbocycles. The highest BCUT2D eigenvalue weighted by Gasteiger charge is 2.43. The lowest BCUT2D eigenvalue weighted by Crippen LogP contribution is -2.40. The lowest BCUT2D eigenvalue weighted by atomic mass is 10.1. The van der Waals surface area contributed by atoms with Crippen molar-refractivity contribution in [2.45, 2.75) is 23.7 Å². The third-order valence-electron chi connectivity index (χ3n) is 3.31. The molecule has 0 unspecified atom stereocenters. The smallest absolute Gasteiger partial charge is 0.324 e. The molecule has 0 spiro atoms. The molecular weight excluding hydrogens is 342 g/mol. The predicted molar refractivity (Wildman–Crippen MR) is 89.7 cm³/mol. The van der Waals surface area contributed by atoms with Crippen LogP contribution in [0.3, 0.4) is 0 Å². The molecule has 0 radical (unpaired) electrons. The number of rotatable bonds is 4. The number of carbonyl (C=O) groups excluding carboxylic acids is 2. The summed E-state index contributed by atoms with van der Waals surface area (Å²) in [5.74, 6) is 0.428. The van der Waals surface area contributed by atoms with Crippen LogP contribution in [0.1, 0.15) is 13.8 Å². The molecule has 5 nitrogen and oxygen atoms in total. The van der Waals surface area contributed by atoms with Crippen molar-refractivity contribution in [1.82, 2.24) is 15.2 Å². The van der Waals surface area contributed by atoms with Gasteiger partial charge in [0.15, 0.2) is 4.34 Å². The van der Waals surface area contributed by atoms with Gasteiger partial charge in [0, 0.05) is 17.3 Å². The van der Waals surface area contributed by atoms with E-state index in [1.807, 2.05) is 18.2 Å². The largest absolute Gasteiger partial charge is 0.325 e. The minimum atomic E-state index is -0.811. The fraction of sp³-hybridized carbons (Fsp3) is 0.357. The molecule has 1 aromatic carbocycles. The Balaban J connectivity index is 1.63. The number of hydrogen-bond acceptors (Lipinski definition) is 5. The molecule has 22 heavy (non-hydrogen) atoms. The molecule has 8 heteroatoms. The Kier molecular flexibility index (Phi) is 4.05. The number of benzene rings is 1. The van der Waals surface area contributed by atoms with E-state index in [2.05, 4.69) is 10.3 Å². The summed E-state index contributed by atoms with van der Waals surface area (Å²) >= 11 is 9.06. The Labute approximate surface area is 141 Å². The average Bonchev–Trinajstić information content (AvgIpc) is 2.91. The zero-order valence-electron chi connectivity index (χ0n) is 12.1. The van der Waals surface area contributed by atoms with Gasteiger partial charge in [-0.1, -0.05) is 23.4 Å². The van der Waals surface area contributed by atoms with Gasteiger partial charge in [-0.05, 0) is 32.0 Å². The van der Waals surface area contributed by atoms with Gasteiger partial charge in [-0.3, -0.25) is 9.69 Å². The van der Waals surface area contributed by atoms with Crippen molar-refractivity contribution in [3.05, 3.63) is 23.2 Å². The van der Waals surface area contributed by atoms with E-state index in [1.54, 1.807) is 25.2 Å². The van der Waals surface area contributed by atoms with Crippen LogP contribution >= 0.6 is 34.7 Å². The van der Waals surface area contributed by atoms with E-state index in [-0.39, 0.29) is 11.9 Å². The van der Waals surface area contributed by atoms with Gasteiger partial charge in [-0.15, -0.1) is 11.3 Å². The van der Waals surface area contributed by atoms with Crippen LogP contribution in [0.2, 0.25) is 5.02 Å². The second-order valence-electron chi connectivity index (χ2n) is 5.45. The maximum atomic E-state index is 12.1. The molecule has 3 amide bonds. The predicted octanol–water partition coefficient (Wildman–Crippen LogP) is 3.37. The number of thioether (sulfide) groups is 1. The first-order valence-corrected chi connectivity index (χ1v) is 8.88. The molecule has 1 N–H and O–H groups in total. The molecule has 0 bridgehead atoms. The quantitative estimate of drug-likeness (QED) is 0.674. The van der Waals surface area contributed by atoms with Crippen molar-refractivity contribution in [3.8, 4) is 0 Å². The molecular formula is C14H14ClN3O2S2. The van der Waals surface area contributed by atoms with E-state index in [4.69, 9.17) is 11.6 Å². The highest BCUT2D eigenvalue weighted by Crippen LogP contribution is 2.31. The average molecular weight is 356 g/mol. The molecule has 1 aliphatic heterocycles. The van der Waals surface area contributed by atoms with Gasteiger partial charge < -0.3 is 5.32 Å². The normalized spacial score (nSPS) is 17.3. The Morgan fingerprint density at radius 1 is 1.41 bits per heavy atom. The standard InChI is InChI=1S/C14H14ClN3O2S2/c1-14(2)11(19)18(12(20)17-14)5-6-21-13-16-9-7-8(15)3-4-10(9)22-13/h3-4,7H,5-6H2,1-2H3,(H,17,20). The molecule has 1 aromatic heterocycles. The summed E-state index contributed by atoms with van der Waals surface area (Å²) in [6.45, 7) is 3.78. The van der Waals surface area contributed by atoms with Crippen LogP contribution in [0, 0.1) is 0 Å². The minimum Gasteiger partial charge on any atom is -0.324 e. The molecule has 1 aliphatic rings. The number of thiazole rings is 1. The van der Waals surface area contributed by atoms with Crippen LogP contribution in [0.15, 0.2) is 22.5 Å². The maximum Gasteiger partial charge on any atom is 0.325 e. The van der Waals surface area contributed by atoms with Crippen molar-refractivity contribution >= 4 is 56.9 Å². The van der Waals surface area contributed by atoms with Crippen LogP contribution in [-0.4, -0.2) is 39.7 Å². The van der Waals surface area contributed by atoms with Gasteiger partial charge in [0.25, 0.3) is 5.91 Å². The molecule has 0 aliphatic carbocycles. The van der Waals surface area contributed by atoms with Gasteiger partial charge in [0.1, 0.15) is 5.54 Å². The van der Waals surface area contributed by atoms with Crippen LogP contribution in [0.5, 0.6) is 0 Å². The lowest BCUT2D eigenvalue weighted by molar-refractivity contribution is -0.130. The maximum absolute atomic E-state index is 12.1. The van der Waals surface area contributed by atoms with E-state index in [1.165, 1.54) is 16.7 Å². The summed E-state index contributed by atoms with van der Waals surface area (Å²) in [5.41, 5.74) is 0.0603. The van der Waals surface area contributed by atoms with Crippen LogP contribution in [0.25, 0.3) is 10.2 Å². The number of hydrogen-bond donors (Lipinski definition) is 1. The van der Waals surface area contributed by atoms with E-state index in [0.29, 0.717) is 17.3 Å². The lowest BCUT2D eigenvalue weighted by Gasteiger charge is -2.15. The van der Waals surface area contributed by atoms with Gasteiger partial charge >= 0.3 is 6.03 Å². The van der Waals surface area contributed by atoms with E-state index in [9.17, 15) is 9.59 Å². The van der Waals surface area contributed by atoms with Crippen molar-refractivity contribution in [2.75, 3.05) is 12.3 Å². The number of carbonyl (C=O) groups is 2. The molecule has 2 heterocycles. The van der Waals surface area contributed by atoms with Gasteiger partial charge in [0.2, 0.25) is 0 Å². The number of aromatic nitrogens is 1. The SMILES string of the molecule is CC1(C)NC(=O)N(CCSc2nc3cc(Cl)ccc3s2)C1=O. The fourth-order valence-corrected chi connectivity index (χ4v) is 4.40. The van der Waals surface area contributed by atoms with Crippen molar-refractivity contribution in [3.63, 3.8) is 0 Å². The molecule has 2 aromatic rings. The van der Waals surface area contributed by atoms with Gasteiger partial charge in [0.05, 0.1) is 10.2 Å². The number of nitrogens with one attached hydrogen (secondary N) is 1. The summed E-state index contributed by atoms with van der Waals surface area (Å²) in [7, 11) is 0. The zero-order chi connectivity index (χ0) is 15.9. The Morgan fingerprint density at radius 2 is 2.18 bits per heavy atom. The van der Waals surface area contributed by atoms with E-state index >= 15 is 0 Å². The zero-order valence-corrected chi connectivity index (χ0v) is 14.4. The highest BCUT2D eigenvalue weighted by molar-refractivity contribution is 8.01. The number of urea groups is 1. The van der Waals surface area contributed by atoms with Gasteiger partial charge in [-0.2, -0.15) is 0 Å². The summed E-state index contributed by atoms with van der Waals surface area (Å²) in [6, 6.07) is 5.29. The number of halogens is 1. The number of imide groups is 1. The third kappa shape index (κ3) is 2.93. The molecule has 1 fully saturated rings. The Hall–Kier alpha value is -1.31. The van der Waals surface area contributed by atoms with Crippen LogP contribution in [0.4, 0.5) is 4.79 Å². The first-order valence-electron chi connectivity index (χ1n) is 6.70. The molecule has 1 saturated heterocycles. The Morgan fingerprint density at radius 3 is 2.86 bits per heavy atom. The first kappa shape index (κ1) is 15.6. The third-order valence-corrected chi connectivity index (χ3v) is 5.71.